The van der Waals surface area contributed by atoms with Crippen molar-refractivity contribution in [3.63, 3.8) is 0 Å². The maximum Gasteiger partial charge on any atom is 0.238 e. The lowest BCUT2D eigenvalue weighted by atomic mass is 10.1. The summed E-state index contributed by atoms with van der Waals surface area (Å²) in [7, 11) is 0. The van der Waals surface area contributed by atoms with Crippen molar-refractivity contribution >= 4 is 11.7 Å². The quantitative estimate of drug-likeness (QED) is 0.804. The maximum absolute atomic E-state index is 11.8. The Labute approximate surface area is 119 Å². The second kappa shape index (κ2) is 6.65. The zero-order valence-corrected chi connectivity index (χ0v) is 12.3. The summed E-state index contributed by atoms with van der Waals surface area (Å²) >= 11 is 0. The number of nitrogens with one attached hydrogen (secondary N) is 2. The van der Waals surface area contributed by atoms with Gasteiger partial charge in [0.05, 0.1) is 12.2 Å². The molecular weight excluding hydrogens is 256 g/mol. The first kappa shape index (κ1) is 14.7. The first-order chi connectivity index (χ1) is 9.52. The molecule has 2 atom stereocenters. The SMILES string of the molecule is Cc1cc(NNC(=O)CCC2CCC(C)O2)nc(C)n1. The molecule has 0 aromatic carbocycles. The Morgan fingerprint density at radius 1 is 1.40 bits per heavy atom. The first-order valence-corrected chi connectivity index (χ1v) is 7.05. The van der Waals surface area contributed by atoms with Gasteiger partial charge in [-0.15, -0.1) is 0 Å². The number of aromatic nitrogens is 2. The molecular formula is C14H22N4O2. The molecule has 0 bridgehead atoms. The highest BCUT2D eigenvalue weighted by Crippen LogP contribution is 2.22. The molecule has 1 aliphatic heterocycles. The lowest BCUT2D eigenvalue weighted by Crippen LogP contribution is -2.30. The van der Waals surface area contributed by atoms with Gasteiger partial charge >= 0.3 is 0 Å². The second-order valence-corrected chi connectivity index (χ2v) is 5.30. The lowest BCUT2D eigenvalue weighted by molar-refractivity contribution is -0.121. The number of hydrogen-bond donors (Lipinski definition) is 2. The summed E-state index contributed by atoms with van der Waals surface area (Å²) in [4.78, 5) is 20.1. The molecule has 2 heterocycles. The number of carbonyl (C=O) groups excluding carboxylic acids is 1. The molecule has 1 aliphatic rings. The van der Waals surface area contributed by atoms with Crippen LogP contribution in [0.2, 0.25) is 0 Å². The van der Waals surface area contributed by atoms with Crippen molar-refractivity contribution in [2.75, 3.05) is 5.43 Å². The molecule has 20 heavy (non-hydrogen) atoms. The van der Waals surface area contributed by atoms with Crippen molar-refractivity contribution in [1.29, 1.82) is 0 Å². The number of carbonyl (C=O) groups is 1. The summed E-state index contributed by atoms with van der Waals surface area (Å²) in [6, 6.07) is 1.79. The highest BCUT2D eigenvalue weighted by atomic mass is 16.5. The molecule has 1 fully saturated rings. The van der Waals surface area contributed by atoms with E-state index in [9.17, 15) is 4.79 Å². The molecule has 1 aromatic rings. The van der Waals surface area contributed by atoms with Crippen molar-refractivity contribution in [3.8, 4) is 0 Å². The summed E-state index contributed by atoms with van der Waals surface area (Å²) in [5.74, 6) is 1.23. The van der Waals surface area contributed by atoms with E-state index in [2.05, 4.69) is 27.7 Å². The highest BCUT2D eigenvalue weighted by Gasteiger charge is 2.22. The number of ether oxygens (including phenoxy) is 1. The normalized spacial score (nSPS) is 21.8. The van der Waals surface area contributed by atoms with Gasteiger partial charge in [-0.25, -0.2) is 9.97 Å². The summed E-state index contributed by atoms with van der Waals surface area (Å²) in [6.45, 7) is 5.78. The molecule has 2 rings (SSSR count). The average Bonchev–Trinajstić information content (AvgIpc) is 2.79. The molecule has 6 heteroatoms. The standard InChI is InChI=1S/C14H22N4O2/c1-9-8-13(16-11(3)15-9)17-18-14(19)7-6-12-5-4-10(2)20-12/h8,10,12H,4-7H2,1-3H3,(H,18,19)(H,15,16,17). The smallest absolute Gasteiger partial charge is 0.238 e. The van der Waals surface area contributed by atoms with Gasteiger partial charge in [-0.1, -0.05) is 0 Å². The molecule has 0 saturated carbocycles. The Hall–Kier alpha value is -1.69. The van der Waals surface area contributed by atoms with Gasteiger partial charge < -0.3 is 4.74 Å². The minimum atomic E-state index is -0.0536. The van der Waals surface area contributed by atoms with E-state index in [1.807, 2.05) is 13.8 Å². The van der Waals surface area contributed by atoms with Crippen molar-refractivity contribution in [1.82, 2.24) is 15.4 Å². The van der Waals surface area contributed by atoms with E-state index in [0.717, 1.165) is 25.0 Å². The van der Waals surface area contributed by atoms with Crippen molar-refractivity contribution in [2.45, 2.75) is 58.7 Å². The predicted octanol–water partition coefficient (Wildman–Crippen LogP) is 1.88. The van der Waals surface area contributed by atoms with Crippen molar-refractivity contribution < 1.29 is 9.53 Å². The van der Waals surface area contributed by atoms with E-state index in [1.165, 1.54) is 0 Å². The van der Waals surface area contributed by atoms with Crippen molar-refractivity contribution in [3.05, 3.63) is 17.6 Å². The fourth-order valence-electron chi connectivity index (χ4n) is 2.37. The number of rotatable bonds is 5. The van der Waals surface area contributed by atoms with Crippen LogP contribution in [0.5, 0.6) is 0 Å². The number of aryl methyl sites for hydroxylation is 2. The largest absolute Gasteiger partial charge is 0.375 e. The zero-order valence-electron chi connectivity index (χ0n) is 12.3. The fourth-order valence-corrected chi connectivity index (χ4v) is 2.37. The third kappa shape index (κ3) is 4.45. The van der Waals surface area contributed by atoms with Crippen LogP contribution in [0.1, 0.15) is 44.1 Å². The van der Waals surface area contributed by atoms with Crippen molar-refractivity contribution in [2.24, 2.45) is 0 Å². The van der Waals surface area contributed by atoms with E-state index in [-0.39, 0.29) is 12.0 Å². The highest BCUT2D eigenvalue weighted by molar-refractivity contribution is 5.77. The molecule has 0 aliphatic carbocycles. The minimum Gasteiger partial charge on any atom is -0.375 e. The van der Waals surface area contributed by atoms with E-state index in [1.54, 1.807) is 6.07 Å². The Bertz CT molecular complexity index is 458. The van der Waals surface area contributed by atoms with Crippen LogP contribution >= 0.6 is 0 Å². The first-order valence-electron chi connectivity index (χ1n) is 7.05. The summed E-state index contributed by atoms with van der Waals surface area (Å²) in [5, 5.41) is 0. The predicted molar refractivity (Wildman–Crippen MR) is 76.1 cm³/mol. The van der Waals surface area contributed by atoms with Crippen LogP contribution < -0.4 is 10.9 Å². The second-order valence-electron chi connectivity index (χ2n) is 5.30. The molecule has 2 N–H and O–H groups in total. The number of hydrogen-bond acceptors (Lipinski definition) is 5. The van der Waals surface area contributed by atoms with E-state index >= 15 is 0 Å². The van der Waals surface area contributed by atoms with Gasteiger partial charge in [-0.3, -0.25) is 15.6 Å². The van der Waals surface area contributed by atoms with Crippen LogP contribution in [0.15, 0.2) is 6.07 Å². The van der Waals surface area contributed by atoms with Gasteiger partial charge in [0, 0.05) is 18.2 Å². The van der Waals surface area contributed by atoms with Gasteiger partial charge in [0.1, 0.15) is 11.6 Å². The number of nitrogens with zero attached hydrogens (tertiary/aromatic N) is 2. The Morgan fingerprint density at radius 2 is 2.20 bits per heavy atom. The van der Waals surface area contributed by atoms with Gasteiger partial charge in [-0.05, 0) is 40.0 Å². The van der Waals surface area contributed by atoms with E-state index < -0.39 is 0 Å². The van der Waals surface area contributed by atoms with Crippen LogP contribution in [0.25, 0.3) is 0 Å². The van der Waals surface area contributed by atoms with E-state index in [4.69, 9.17) is 4.74 Å². The number of hydrazine groups is 1. The van der Waals surface area contributed by atoms with Crippen LogP contribution in [0.4, 0.5) is 5.82 Å². The van der Waals surface area contributed by atoms with Gasteiger partial charge in [0.2, 0.25) is 5.91 Å². The molecule has 110 valence electrons. The van der Waals surface area contributed by atoms with Crippen LogP contribution in [0.3, 0.4) is 0 Å². The summed E-state index contributed by atoms with van der Waals surface area (Å²) in [6.07, 6.45) is 3.90. The molecule has 1 aromatic heterocycles. The molecule has 1 amide bonds. The lowest BCUT2D eigenvalue weighted by Gasteiger charge is -2.12. The summed E-state index contributed by atoms with van der Waals surface area (Å²) < 4.78 is 5.68. The third-order valence-electron chi connectivity index (χ3n) is 3.31. The molecule has 0 spiro atoms. The number of amides is 1. The van der Waals surface area contributed by atoms with Crippen LogP contribution in [-0.2, 0) is 9.53 Å². The average molecular weight is 278 g/mol. The topological polar surface area (TPSA) is 76.1 Å². The maximum atomic E-state index is 11.8. The van der Waals surface area contributed by atoms with Crippen LogP contribution in [0, 0.1) is 13.8 Å². The molecule has 0 radical (unpaired) electrons. The number of anilines is 1. The van der Waals surface area contributed by atoms with Gasteiger partial charge in [0.25, 0.3) is 0 Å². The Morgan fingerprint density at radius 3 is 2.85 bits per heavy atom. The summed E-state index contributed by atoms with van der Waals surface area (Å²) in [5.41, 5.74) is 6.34. The van der Waals surface area contributed by atoms with E-state index in [0.29, 0.717) is 24.2 Å². The minimum absolute atomic E-state index is 0.0536. The fraction of sp³-hybridized carbons (Fsp3) is 0.643. The molecule has 1 saturated heterocycles. The van der Waals surface area contributed by atoms with Gasteiger partial charge in [0.15, 0.2) is 0 Å². The molecule has 6 nitrogen and oxygen atoms in total. The monoisotopic (exact) mass is 278 g/mol. The molecule has 2 unspecified atom stereocenters. The Balaban J connectivity index is 1.72. The zero-order chi connectivity index (χ0) is 14.5. The Kier molecular flexibility index (Phi) is 4.89. The van der Waals surface area contributed by atoms with Crippen LogP contribution in [-0.4, -0.2) is 28.1 Å². The van der Waals surface area contributed by atoms with Gasteiger partial charge in [-0.2, -0.15) is 0 Å². The third-order valence-corrected chi connectivity index (χ3v) is 3.31.